The third-order valence-electron chi connectivity index (χ3n) is 2.20. The summed E-state index contributed by atoms with van der Waals surface area (Å²) in [5.74, 6) is 0.759. The van der Waals surface area contributed by atoms with E-state index in [1.54, 1.807) is 7.11 Å². The molecular weight excluding hydrogens is 208 g/mol. The lowest BCUT2D eigenvalue weighted by atomic mass is 10.1. The van der Waals surface area contributed by atoms with Gasteiger partial charge in [-0.05, 0) is 17.7 Å². The first-order chi connectivity index (χ1) is 7.70. The molecule has 0 atom stereocenters. The van der Waals surface area contributed by atoms with Gasteiger partial charge in [0.2, 0.25) is 0 Å². The van der Waals surface area contributed by atoms with E-state index in [0.717, 1.165) is 21.6 Å². The molecule has 5 heteroatoms. The summed E-state index contributed by atoms with van der Waals surface area (Å²) in [6.45, 7) is 0. The summed E-state index contributed by atoms with van der Waals surface area (Å²) in [7, 11) is 1.59. The predicted molar refractivity (Wildman–Crippen MR) is 57.6 cm³/mol. The number of carboxylic acid groups (broad SMARTS) is 1. The zero-order chi connectivity index (χ0) is 11.5. The van der Waals surface area contributed by atoms with Crippen molar-refractivity contribution in [1.82, 2.24) is 9.78 Å². The molecule has 0 unspecified atom stereocenters. The van der Waals surface area contributed by atoms with Crippen LogP contribution in [0.25, 0.3) is 11.1 Å². The molecule has 16 heavy (non-hydrogen) atoms. The van der Waals surface area contributed by atoms with Crippen molar-refractivity contribution in [1.29, 1.82) is 0 Å². The second-order valence-electron chi connectivity index (χ2n) is 3.18. The molecule has 0 aliphatic carbocycles. The molecule has 1 N–H and O–H groups in total. The molecule has 0 amide bonds. The highest BCUT2D eigenvalue weighted by Gasteiger charge is 2.05. The fraction of sp³-hybridized carbons (Fsp3) is 0.0909. The van der Waals surface area contributed by atoms with Crippen LogP contribution in [-0.4, -0.2) is 28.1 Å². The Morgan fingerprint density at radius 1 is 1.31 bits per heavy atom. The average Bonchev–Trinajstić information content (AvgIpc) is 2.78. The number of nitrogens with zero attached hydrogens (tertiary/aromatic N) is 2. The van der Waals surface area contributed by atoms with Crippen LogP contribution in [0.4, 0.5) is 4.79 Å². The van der Waals surface area contributed by atoms with Gasteiger partial charge in [-0.1, -0.05) is 12.1 Å². The van der Waals surface area contributed by atoms with Gasteiger partial charge in [-0.25, -0.2) is 4.79 Å². The third kappa shape index (κ3) is 1.88. The molecule has 5 nitrogen and oxygen atoms in total. The van der Waals surface area contributed by atoms with Crippen molar-refractivity contribution in [2.24, 2.45) is 0 Å². The maximum absolute atomic E-state index is 10.6. The van der Waals surface area contributed by atoms with Crippen molar-refractivity contribution in [3.05, 3.63) is 36.7 Å². The highest BCUT2D eigenvalue weighted by Crippen LogP contribution is 2.21. The largest absolute Gasteiger partial charge is 0.497 e. The van der Waals surface area contributed by atoms with Crippen LogP contribution in [0.2, 0.25) is 0 Å². The SMILES string of the molecule is COc1ccc(-c2cnn(C(=O)O)c2)cc1. The highest BCUT2D eigenvalue weighted by atomic mass is 16.5. The van der Waals surface area contributed by atoms with E-state index >= 15 is 0 Å². The van der Waals surface area contributed by atoms with Crippen LogP contribution in [0.1, 0.15) is 0 Å². The normalized spacial score (nSPS) is 10.1. The Hall–Kier alpha value is -2.30. The van der Waals surface area contributed by atoms with Gasteiger partial charge in [0.25, 0.3) is 0 Å². The topological polar surface area (TPSA) is 64.4 Å². The van der Waals surface area contributed by atoms with Crippen LogP contribution < -0.4 is 4.74 Å². The highest BCUT2D eigenvalue weighted by molar-refractivity contribution is 5.70. The molecule has 0 spiro atoms. The van der Waals surface area contributed by atoms with Crippen molar-refractivity contribution in [2.45, 2.75) is 0 Å². The standard InChI is InChI=1S/C11H10N2O3/c1-16-10-4-2-8(3-5-10)9-6-12-13(7-9)11(14)15/h2-7H,1H3,(H,14,15). The van der Waals surface area contributed by atoms with Crippen molar-refractivity contribution in [3.8, 4) is 16.9 Å². The smallest absolute Gasteiger partial charge is 0.432 e. The van der Waals surface area contributed by atoms with Crippen LogP contribution in [0.5, 0.6) is 5.75 Å². The zero-order valence-corrected chi connectivity index (χ0v) is 8.62. The molecule has 2 aromatic rings. The minimum absolute atomic E-state index is 0.755. The lowest BCUT2D eigenvalue weighted by Crippen LogP contribution is -2.07. The van der Waals surface area contributed by atoms with E-state index in [2.05, 4.69) is 5.10 Å². The van der Waals surface area contributed by atoms with E-state index in [9.17, 15) is 4.79 Å². The molecule has 0 bridgehead atoms. The molecule has 1 aromatic heterocycles. The Bertz CT molecular complexity index is 502. The molecule has 0 saturated carbocycles. The second kappa shape index (κ2) is 4.06. The number of aromatic nitrogens is 2. The Morgan fingerprint density at radius 2 is 2.00 bits per heavy atom. The molecule has 1 aromatic carbocycles. The zero-order valence-electron chi connectivity index (χ0n) is 8.62. The summed E-state index contributed by atoms with van der Waals surface area (Å²) in [6, 6.07) is 7.32. The monoisotopic (exact) mass is 218 g/mol. The second-order valence-corrected chi connectivity index (χ2v) is 3.18. The molecule has 82 valence electrons. The van der Waals surface area contributed by atoms with Gasteiger partial charge >= 0.3 is 6.09 Å². The van der Waals surface area contributed by atoms with Crippen LogP contribution in [-0.2, 0) is 0 Å². The number of carbonyl (C=O) groups is 1. The minimum atomic E-state index is -1.10. The predicted octanol–water partition coefficient (Wildman–Crippen LogP) is 2.08. The number of ether oxygens (including phenoxy) is 1. The van der Waals surface area contributed by atoms with E-state index in [1.807, 2.05) is 24.3 Å². The summed E-state index contributed by atoms with van der Waals surface area (Å²) in [5.41, 5.74) is 1.65. The molecule has 0 radical (unpaired) electrons. The lowest BCUT2D eigenvalue weighted by molar-refractivity contribution is 0.192. The molecule has 0 fully saturated rings. The Kier molecular flexibility index (Phi) is 2.59. The van der Waals surface area contributed by atoms with Gasteiger partial charge in [0.05, 0.1) is 13.3 Å². The first-order valence-electron chi connectivity index (χ1n) is 4.63. The summed E-state index contributed by atoms with van der Waals surface area (Å²) < 4.78 is 5.91. The fourth-order valence-corrected chi connectivity index (χ4v) is 1.36. The van der Waals surface area contributed by atoms with Crippen LogP contribution >= 0.6 is 0 Å². The van der Waals surface area contributed by atoms with Gasteiger partial charge in [0.15, 0.2) is 0 Å². The Morgan fingerprint density at radius 3 is 2.50 bits per heavy atom. The first kappa shape index (κ1) is 10.2. The van der Waals surface area contributed by atoms with Crippen molar-refractivity contribution >= 4 is 6.09 Å². The summed E-state index contributed by atoms with van der Waals surface area (Å²) in [6.07, 6.45) is 1.87. The number of rotatable bonds is 2. The Balaban J connectivity index is 2.31. The number of hydrogen-bond acceptors (Lipinski definition) is 3. The van der Waals surface area contributed by atoms with Crippen molar-refractivity contribution < 1.29 is 14.6 Å². The van der Waals surface area contributed by atoms with E-state index < -0.39 is 6.09 Å². The van der Waals surface area contributed by atoms with Crippen molar-refractivity contribution in [3.63, 3.8) is 0 Å². The van der Waals surface area contributed by atoms with E-state index in [1.165, 1.54) is 12.4 Å². The first-order valence-corrected chi connectivity index (χ1v) is 4.63. The Labute approximate surface area is 91.9 Å². The quantitative estimate of drug-likeness (QED) is 0.838. The summed E-state index contributed by atoms with van der Waals surface area (Å²) in [5, 5.41) is 12.4. The van der Waals surface area contributed by atoms with E-state index in [4.69, 9.17) is 9.84 Å². The van der Waals surface area contributed by atoms with E-state index in [0.29, 0.717) is 0 Å². The van der Waals surface area contributed by atoms with Gasteiger partial charge < -0.3 is 9.84 Å². The van der Waals surface area contributed by atoms with Crippen LogP contribution in [0.3, 0.4) is 0 Å². The molecule has 2 rings (SSSR count). The molecular formula is C11H10N2O3. The molecule has 0 aliphatic rings. The third-order valence-corrected chi connectivity index (χ3v) is 2.20. The summed E-state index contributed by atoms with van der Waals surface area (Å²) in [4.78, 5) is 10.6. The number of benzene rings is 1. The molecule has 0 aliphatic heterocycles. The maximum Gasteiger partial charge on any atom is 0.432 e. The van der Waals surface area contributed by atoms with Crippen molar-refractivity contribution in [2.75, 3.05) is 7.11 Å². The minimum Gasteiger partial charge on any atom is -0.497 e. The van der Waals surface area contributed by atoms with Gasteiger partial charge in [0.1, 0.15) is 5.75 Å². The molecule has 0 saturated heterocycles. The number of methoxy groups -OCH3 is 1. The van der Waals surface area contributed by atoms with Crippen LogP contribution in [0, 0.1) is 0 Å². The van der Waals surface area contributed by atoms with E-state index in [-0.39, 0.29) is 0 Å². The lowest BCUT2D eigenvalue weighted by Gasteiger charge is -2.00. The fourth-order valence-electron chi connectivity index (χ4n) is 1.36. The number of hydrogen-bond donors (Lipinski definition) is 1. The van der Waals surface area contributed by atoms with Gasteiger partial charge in [-0.3, -0.25) is 0 Å². The van der Waals surface area contributed by atoms with Gasteiger partial charge in [-0.2, -0.15) is 9.78 Å². The van der Waals surface area contributed by atoms with Gasteiger partial charge in [0, 0.05) is 11.8 Å². The molecule has 1 heterocycles. The van der Waals surface area contributed by atoms with Crippen LogP contribution in [0.15, 0.2) is 36.7 Å². The summed E-state index contributed by atoms with van der Waals surface area (Å²) >= 11 is 0. The van der Waals surface area contributed by atoms with Gasteiger partial charge in [-0.15, -0.1) is 0 Å². The average molecular weight is 218 g/mol. The maximum atomic E-state index is 10.6.